The standard InChI is InChI=1S/C26H28N6O2S2/c1-4-7-16-34-25(33)23-17-22-24(35-23)27-26(36-22)31-30-19-10-8-18(9-11-19)28-29-20-12-14-21(15-13-20)32(5-2)6-3/h8-15,17H,4-7,16H2,1-3H3. The molecule has 0 unspecified atom stereocenters. The van der Waals surface area contributed by atoms with Crippen molar-refractivity contribution >= 4 is 66.1 Å². The highest BCUT2D eigenvalue weighted by Crippen LogP contribution is 2.35. The number of thiophene rings is 1. The van der Waals surface area contributed by atoms with E-state index in [1.54, 1.807) is 0 Å². The summed E-state index contributed by atoms with van der Waals surface area (Å²) < 4.78 is 6.17. The van der Waals surface area contributed by atoms with Crippen molar-refractivity contribution in [2.45, 2.75) is 33.6 Å². The molecule has 2 aromatic heterocycles. The van der Waals surface area contributed by atoms with Crippen LogP contribution in [-0.4, -0.2) is 30.6 Å². The molecular formula is C26H28N6O2S2. The van der Waals surface area contributed by atoms with Crippen molar-refractivity contribution in [2.24, 2.45) is 20.5 Å². The van der Waals surface area contributed by atoms with E-state index < -0.39 is 0 Å². The number of thiazole rings is 1. The fourth-order valence-electron chi connectivity index (χ4n) is 3.37. The molecule has 0 aliphatic rings. The van der Waals surface area contributed by atoms with Crippen LogP contribution in [0.1, 0.15) is 43.3 Å². The Balaban J connectivity index is 1.34. The summed E-state index contributed by atoms with van der Waals surface area (Å²) in [5, 5.41) is 17.7. The Hall–Kier alpha value is -3.50. The van der Waals surface area contributed by atoms with Gasteiger partial charge in [-0.15, -0.1) is 21.6 Å². The van der Waals surface area contributed by atoms with Crippen LogP contribution in [-0.2, 0) is 4.74 Å². The summed E-state index contributed by atoms with van der Waals surface area (Å²) in [5.41, 5.74) is 3.40. The molecule has 4 rings (SSSR count). The van der Waals surface area contributed by atoms with Gasteiger partial charge in [-0.05, 0) is 74.9 Å². The normalized spacial score (nSPS) is 11.6. The first-order chi connectivity index (χ1) is 17.6. The average molecular weight is 521 g/mol. The van der Waals surface area contributed by atoms with Gasteiger partial charge >= 0.3 is 5.97 Å². The van der Waals surface area contributed by atoms with Crippen LogP contribution in [0, 0.1) is 0 Å². The molecule has 4 aromatic rings. The van der Waals surface area contributed by atoms with Crippen LogP contribution in [0.5, 0.6) is 0 Å². The number of carbonyl (C=O) groups excluding carboxylic acids is 1. The minimum Gasteiger partial charge on any atom is -0.462 e. The van der Waals surface area contributed by atoms with E-state index in [1.165, 1.54) is 28.4 Å². The van der Waals surface area contributed by atoms with Crippen molar-refractivity contribution in [3.63, 3.8) is 0 Å². The van der Waals surface area contributed by atoms with Gasteiger partial charge in [0.1, 0.15) is 9.71 Å². The lowest BCUT2D eigenvalue weighted by molar-refractivity contribution is 0.0505. The van der Waals surface area contributed by atoms with Crippen molar-refractivity contribution in [2.75, 3.05) is 24.6 Å². The number of aromatic nitrogens is 1. The number of unbranched alkanes of at least 4 members (excludes halogenated alkanes) is 1. The first kappa shape index (κ1) is 25.6. The van der Waals surface area contributed by atoms with Crippen LogP contribution in [0.4, 0.5) is 27.9 Å². The predicted octanol–water partition coefficient (Wildman–Crippen LogP) is 8.99. The summed E-state index contributed by atoms with van der Waals surface area (Å²) >= 11 is 2.71. The van der Waals surface area contributed by atoms with Crippen molar-refractivity contribution in [1.82, 2.24) is 4.98 Å². The van der Waals surface area contributed by atoms with E-state index in [1.807, 2.05) is 42.5 Å². The molecule has 2 aromatic carbocycles. The SMILES string of the molecule is CCCCOC(=O)c1cc2sc(N=Nc3ccc(N=Nc4ccc(N(CC)CC)cc4)cc3)nc2s1. The zero-order valence-electron chi connectivity index (χ0n) is 20.5. The monoisotopic (exact) mass is 520 g/mol. The lowest BCUT2D eigenvalue weighted by Crippen LogP contribution is -2.21. The third kappa shape index (κ3) is 6.58. The Kier molecular flexibility index (Phi) is 8.85. The maximum absolute atomic E-state index is 12.1. The molecule has 0 fully saturated rings. The van der Waals surface area contributed by atoms with Gasteiger partial charge in [-0.25, -0.2) is 9.78 Å². The number of carbonyl (C=O) groups is 1. The molecule has 0 saturated heterocycles. The number of rotatable bonds is 11. The van der Waals surface area contributed by atoms with Crippen molar-refractivity contribution < 1.29 is 9.53 Å². The molecule has 0 bridgehead atoms. The molecule has 8 nitrogen and oxygen atoms in total. The maximum atomic E-state index is 12.1. The number of esters is 1. The Morgan fingerprint density at radius 1 is 0.861 bits per heavy atom. The van der Waals surface area contributed by atoms with Gasteiger partial charge in [-0.2, -0.15) is 10.2 Å². The lowest BCUT2D eigenvalue weighted by atomic mass is 10.2. The molecule has 10 heteroatoms. The van der Waals surface area contributed by atoms with E-state index in [2.05, 4.69) is 63.2 Å². The van der Waals surface area contributed by atoms with Crippen LogP contribution < -0.4 is 4.90 Å². The molecule has 0 atom stereocenters. The van der Waals surface area contributed by atoms with E-state index >= 15 is 0 Å². The molecule has 0 saturated carbocycles. The second-order valence-electron chi connectivity index (χ2n) is 7.87. The number of anilines is 1. The largest absolute Gasteiger partial charge is 0.462 e. The highest BCUT2D eigenvalue weighted by atomic mass is 32.1. The quantitative estimate of drug-likeness (QED) is 0.112. The summed E-state index contributed by atoms with van der Waals surface area (Å²) in [7, 11) is 0. The van der Waals surface area contributed by atoms with E-state index in [-0.39, 0.29) is 5.97 Å². The van der Waals surface area contributed by atoms with E-state index in [0.717, 1.165) is 46.8 Å². The summed E-state index contributed by atoms with van der Waals surface area (Å²) in [4.78, 5) is 20.2. The van der Waals surface area contributed by atoms with Crippen LogP contribution >= 0.6 is 22.7 Å². The number of hydrogen-bond donors (Lipinski definition) is 0. The number of azo groups is 2. The molecule has 36 heavy (non-hydrogen) atoms. The molecule has 0 aliphatic carbocycles. The van der Waals surface area contributed by atoms with Crippen LogP contribution in [0.15, 0.2) is 75.1 Å². The summed E-state index contributed by atoms with van der Waals surface area (Å²) in [5.74, 6) is -0.296. The number of ether oxygens (including phenoxy) is 1. The van der Waals surface area contributed by atoms with Gasteiger partial charge in [-0.3, -0.25) is 0 Å². The molecule has 0 N–H and O–H groups in total. The molecular weight excluding hydrogens is 492 g/mol. The fraction of sp³-hybridized carbons (Fsp3) is 0.308. The van der Waals surface area contributed by atoms with Gasteiger partial charge < -0.3 is 9.64 Å². The van der Waals surface area contributed by atoms with E-state index in [0.29, 0.717) is 22.3 Å². The predicted molar refractivity (Wildman–Crippen MR) is 147 cm³/mol. The molecule has 0 spiro atoms. The maximum Gasteiger partial charge on any atom is 0.348 e. The number of fused-ring (bicyclic) bond motifs is 1. The summed E-state index contributed by atoms with van der Waals surface area (Å²) in [6.45, 7) is 8.73. The van der Waals surface area contributed by atoms with Gasteiger partial charge in [0.2, 0.25) is 5.13 Å². The minimum absolute atomic E-state index is 0.296. The highest BCUT2D eigenvalue weighted by molar-refractivity contribution is 7.29. The Morgan fingerprint density at radius 2 is 1.44 bits per heavy atom. The minimum atomic E-state index is -0.296. The second kappa shape index (κ2) is 12.5. The Labute approximate surface area is 218 Å². The third-order valence-electron chi connectivity index (χ3n) is 5.37. The Bertz CT molecular complexity index is 1310. The zero-order valence-corrected chi connectivity index (χ0v) is 22.2. The molecule has 0 amide bonds. The van der Waals surface area contributed by atoms with Crippen molar-refractivity contribution in [3.8, 4) is 0 Å². The van der Waals surface area contributed by atoms with Crippen LogP contribution in [0.3, 0.4) is 0 Å². The van der Waals surface area contributed by atoms with E-state index in [4.69, 9.17) is 4.74 Å². The van der Waals surface area contributed by atoms with Gasteiger partial charge in [0.15, 0.2) is 0 Å². The molecule has 2 heterocycles. The second-order valence-corrected chi connectivity index (χ2v) is 9.91. The van der Waals surface area contributed by atoms with Gasteiger partial charge in [0.05, 0.1) is 28.4 Å². The fourth-order valence-corrected chi connectivity index (χ4v) is 5.29. The van der Waals surface area contributed by atoms with Crippen molar-refractivity contribution in [3.05, 3.63) is 59.5 Å². The topological polar surface area (TPSA) is 91.9 Å². The smallest absolute Gasteiger partial charge is 0.348 e. The van der Waals surface area contributed by atoms with Crippen LogP contribution in [0.25, 0.3) is 9.53 Å². The number of benzene rings is 2. The summed E-state index contributed by atoms with van der Waals surface area (Å²) in [6, 6.07) is 17.2. The first-order valence-corrected chi connectivity index (χ1v) is 13.6. The zero-order chi connectivity index (χ0) is 25.3. The Morgan fingerprint density at radius 3 is 2.00 bits per heavy atom. The highest BCUT2D eigenvalue weighted by Gasteiger charge is 2.15. The van der Waals surface area contributed by atoms with Gasteiger partial charge in [-0.1, -0.05) is 24.7 Å². The third-order valence-corrected chi connectivity index (χ3v) is 7.40. The van der Waals surface area contributed by atoms with Gasteiger partial charge in [0, 0.05) is 18.8 Å². The average Bonchev–Trinajstić information content (AvgIpc) is 3.48. The van der Waals surface area contributed by atoms with Gasteiger partial charge in [0.25, 0.3) is 0 Å². The molecule has 186 valence electrons. The molecule has 0 radical (unpaired) electrons. The van der Waals surface area contributed by atoms with Crippen LogP contribution in [0.2, 0.25) is 0 Å². The first-order valence-electron chi connectivity index (χ1n) is 12.0. The summed E-state index contributed by atoms with van der Waals surface area (Å²) in [6.07, 6.45) is 1.85. The van der Waals surface area contributed by atoms with E-state index in [9.17, 15) is 4.79 Å². The molecule has 0 aliphatic heterocycles. The number of nitrogens with zero attached hydrogens (tertiary/aromatic N) is 6. The lowest BCUT2D eigenvalue weighted by Gasteiger charge is -2.20. The number of hydrogen-bond acceptors (Lipinski definition) is 10. The van der Waals surface area contributed by atoms with Crippen molar-refractivity contribution in [1.29, 1.82) is 0 Å².